The van der Waals surface area contributed by atoms with Crippen molar-refractivity contribution >= 4 is 0 Å². The van der Waals surface area contributed by atoms with E-state index in [1.165, 1.54) is 25.7 Å². The maximum Gasteiger partial charge on any atom is 0.119 e. The first kappa shape index (κ1) is 11.1. The molecule has 1 N–H and O–H groups in total. The lowest BCUT2D eigenvalue weighted by atomic mass is 9.77. The fourth-order valence-corrected chi connectivity index (χ4v) is 3.30. The van der Waals surface area contributed by atoms with Crippen LogP contribution in [0.1, 0.15) is 32.1 Å². The Bertz CT molecular complexity index is 349. The zero-order valence-electron chi connectivity index (χ0n) is 10.3. The number of hydrogen-bond donors (Lipinski definition) is 1. The Morgan fingerprint density at radius 2 is 1.82 bits per heavy atom. The molecule has 2 heteroatoms. The minimum absolute atomic E-state index is 0.420. The normalized spacial score (nSPS) is 32.8. The highest BCUT2D eigenvalue weighted by Gasteiger charge is 2.35. The highest BCUT2D eigenvalue weighted by molar-refractivity contribution is 5.21. The summed E-state index contributed by atoms with van der Waals surface area (Å²) in [5.41, 5.74) is 0. The average molecular weight is 231 g/mol. The van der Waals surface area contributed by atoms with Gasteiger partial charge >= 0.3 is 0 Å². The lowest BCUT2D eigenvalue weighted by molar-refractivity contribution is 0.0503. The van der Waals surface area contributed by atoms with Gasteiger partial charge in [-0.25, -0.2) is 0 Å². The van der Waals surface area contributed by atoms with E-state index in [-0.39, 0.29) is 0 Å². The van der Waals surface area contributed by atoms with Gasteiger partial charge in [-0.1, -0.05) is 31.0 Å². The van der Waals surface area contributed by atoms with Crippen LogP contribution in [0.15, 0.2) is 30.3 Å². The van der Waals surface area contributed by atoms with Crippen LogP contribution in [0.5, 0.6) is 5.75 Å². The molecule has 1 aliphatic heterocycles. The van der Waals surface area contributed by atoms with E-state index in [0.29, 0.717) is 12.1 Å². The highest BCUT2D eigenvalue weighted by Crippen LogP contribution is 2.33. The van der Waals surface area contributed by atoms with Gasteiger partial charge in [0.1, 0.15) is 11.9 Å². The molecule has 1 aromatic rings. The quantitative estimate of drug-likeness (QED) is 0.845. The topological polar surface area (TPSA) is 21.3 Å². The van der Waals surface area contributed by atoms with Crippen molar-refractivity contribution < 1.29 is 4.74 Å². The van der Waals surface area contributed by atoms with Gasteiger partial charge in [0, 0.05) is 12.0 Å². The van der Waals surface area contributed by atoms with E-state index < -0.39 is 0 Å². The third kappa shape index (κ3) is 2.47. The van der Waals surface area contributed by atoms with E-state index in [0.717, 1.165) is 24.6 Å². The fraction of sp³-hybridized carbons (Fsp3) is 0.600. The first-order valence-corrected chi connectivity index (χ1v) is 6.88. The lowest BCUT2D eigenvalue weighted by Crippen LogP contribution is -2.51. The summed E-state index contributed by atoms with van der Waals surface area (Å²) in [5, 5.41) is 3.66. The minimum Gasteiger partial charge on any atom is -0.490 e. The molecule has 0 aromatic heterocycles. The van der Waals surface area contributed by atoms with Gasteiger partial charge < -0.3 is 10.1 Å². The van der Waals surface area contributed by atoms with E-state index in [2.05, 4.69) is 29.6 Å². The third-order valence-electron chi connectivity index (χ3n) is 4.16. The molecule has 0 spiro atoms. The smallest absolute Gasteiger partial charge is 0.119 e. The van der Waals surface area contributed by atoms with Crippen molar-refractivity contribution in [2.45, 2.75) is 44.2 Å². The SMILES string of the molecule is c1ccc(OC2CCNC3CCCCC32)cc1. The van der Waals surface area contributed by atoms with Gasteiger partial charge in [-0.05, 0) is 37.9 Å². The molecule has 1 aromatic carbocycles. The van der Waals surface area contributed by atoms with Gasteiger partial charge in [0.05, 0.1) is 0 Å². The van der Waals surface area contributed by atoms with Crippen LogP contribution in [0.2, 0.25) is 0 Å². The molecule has 0 bridgehead atoms. The molecule has 3 unspecified atom stereocenters. The van der Waals surface area contributed by atoms with E-state index in [4.69, 9.17) is 4.74 Å². The second kappa shape index (κ2) is 5.09. The van der Waals surface area contributed by atoms with E-state index in [1.54, 1.807) is 0 Å². The van der Waals surface area contributed by atoms with Crippen molar-refractivity contribution in [1.29, 1.82) is 0 Å². The lowest BCUT2D eigenvalue weighted by Gasteiger charge is -2.41. The second-order valence-electron chi connectivity index (χ2n) is 5.27. The summed E-state index contributed by atoms with van der Waals surface area (Å²) in [6.45, 7) is 1.11. The van der Waals surface area contributed by atoms with Crippen LogP contribution in [-0.4, -0.2) is 18.7 Å². The molecular formula is C15H21NO. The van der Waals surface area contributed by atoms with Crippen LogP contribution >= 0.6 is 0 Å². The number of para-hydroxylation sites is 1. The van der Waals surface area contributed by atoms with Gasteiger partial charge in [-0.2, -0.15) is 0 Å². The summed E-state index contributed by atoms with van der Waals surface area (Å²) < 4.78 is 6.18. The number of rotatable bonds is 2. The van der Waals surface area contributed by atoms with Gasteiger partial charge in [-0.15, -0.1) is 0 Å². The van der Waals surface area contributed by atoms with Crippen LogP contribution in [0.4, 0.5) is 0 Å². The maximum absolute atomic E-state index is 6.18. The molecule has 2 fully saturated rings. The molecule has 1 aliphatic carbocycles. The summed E-state index contributed by atoms with van der Waals surface area (Å²) in [6, 6.07) is 11.0. The van der Waals surface area contributed by atoms with Crippen LogP contribution < -0.4 is 10.1 Å². The number of piperidine rings is 1. The summed E-state index contributed by atoms with van der Waals surface area (Å²) in [4.78, 5) is 0. The Morgan fingerprint density at radius 1 is 1.00 bits per heavy atom. The maximum atomic E-state index is 6.18. The molecule has 0 amide bonds. The zero-order valence-corrected chi connectivity index (χ0v) is 10.3. The van der Waals surface area contributed by atoms with Crippen LogP contribution in [-0.2, 0) is 0 Å². The fourth-order valence-electron chi connectivity index (χ4n) is 3.30. The molecule has 3 rings (SSSR count). The van der Waals surface area contributed by atoms with Crippen LogP contribution in [0.3, 0.4) is 0 Å². The second-order valence-corrected chi connectivity index (χ2v) is 5.27. The van der Waals surface area contributed by atoms with Gasteiger partial charge in [0.15, 0.2) is 0 Å². The van der Waals surface area contributed by atoms with Crippen molar-refractivity contribution in [2.24, 2.45) is 5.92 Å². The predicted molar refractivity (Wildman–Crippen MR) is 69.2 cm³/mol. The Hall–Kier alpha value is -1.02. The Balaban J connectivity index is 1.69. The third-order valence-corrected chi connectivity index (χ3v) is 4.16. The minimum atomic E-state index is 0.420. The summed E-state index contributed by atoms with van der Waals surface area (Å²) >= 11 is 0. The van der Waals surface area contributed by atoms with Crippen molar-refractivity contribution in [1.82, 2.24) is 5.32 Å². The number of hydrogen-bond acceptors (Lipinski definition) is 2. The highest BCUT2D eigenvalue weighted by atomic mass is 16.5. The summed E-state index contributed by atoms with van der Waals surface area (Å²) in [5.74, 6) is 1.75. The van der Waals surface area contributed by atoms with Crippen molar-refractivity contribution in [3.8, 4) is 5.75 Å². The van der Waals surface area contributed by atoms with E-state index in [1.807, 2.05) is 6.07 Å². The molecule has 1 saturated carbocycles. The standard InChI is InChI=1S/C15H21NO/c1-2-6-12(7-3-1)17-15-10-11-16-14-9-5-4-8-13(14)15/h1-3,6-7,13-16H,4-5,8-11H2. The molecule has 1 saturated heterocycles. The monoisotopic (exact) mass is 231 g/mol. The first-order valence-electron chi connectivity index (χ1n) is 6.88. The van der Waals surface area contributed by atoms with Crippen molar-refractivity contribution in [3.63, 3.8) is 0 Å². The number of nitrogens with one attached hydrogen (secondary N) is 1. The summed E-state index contributed by atoms with van der Waals surface area (Å²) in [6.07, 6.45) is 6.98. The molecule has 2 nitrogen and oxygen atoms in total. The predicted octanol–water partition coefficient (Wildman–Crippen LogP) is 2.99. The van der Waals surface area contributed by atoms with Crippen LogP contribution in [0.25, 0.3) is 0 Å². The molecule has 3 atom stereocenters. The number of fused-ring (bicyclic) bond motifs is 1. The molecule has 1 heterocycles. The van der Waals surface area contributed by atoms with E-state index in [9.17, 15) is 0 Å². The first-order chi connectivity index (χ1) is 8.43. The van der Waals surface area contributed by atoms with Crippen molar-refractivity contribution in [3.05, 3.63) is 30.3 Å². The Kier molecular flexibility index (Phi) is 3.32. The Labute approximate surface area is 103 Å². The molecule has 0 radical (unpaired) electrons. The molecule has 17 heavy (non-hydrogen) atoms. The van der Waals surface area contributed by atoms with Crippen molar-refractivity contribution in [2.75, 3.05) is 6.54 Å². The molecular weight excluding hydrogens is 210 g/mol. The number of ether oxygens (including phenoxy) is 1. The Morgan fingerprint density at radius 3 is 2.71 bits per heavy atom. The van der Waals surface area contributed by atoms with Gasteiger partial charge in [-0.3, -0.25) is 0 Å². The average Bonchev–Trinajstić information content (AvgIpc) is 2.40. The largest absolute Gasteiger partial charge is 0.490 e. The van der Waals surface area contributed by atoms with Gasteiger partial charge in [0.2, 0.25) is 0 Å². The number of benzene rings is 1. The van der Waals surface area contributed by atoms with Gasteiger partial charge in [0.25, 0.3) is 0 Å². The molecule has 92 valence electrons. The van der Waals surface area contributed by atoms with Crippen LogP contribution in [0, 0.1) is 5.92 Å². The molecule has 2 aliphatic rings. The zero-order chi connectivity index (χ0) is 11.5. The summed E-state index contributed by atoms with van der Waals surface area (Å²) in [7, 11) is 0. The van der Waals surface area contributed by atoms with E-state index >= 15 is 0 Å².